The summed E-state index contributed by atoms with van der Waals surface area (Å²) in [6.45, 7) is 7.86. The van der Waals surface area contributed by atoms with Crippen LogP contribution in [0.5, 0.6) is 5.75 Å². The SMILES string of the molecule is COc1ccc2c(c1)CCN(c1ccc(CC(C)C)cc1)C2(C)c1ccc(Br)cc1. The number of anilines is 1. The molecule has 0 aliphatic carbocycles. The van der Waals surface area contributed by atoms with Crippen molar-refractivity contribution in [1.29, 1.82) is 0 Å². The number of nitrogens with zero attached hydrogens (tertiary/aromatic N) is 1. The molecule has 3 heteroatoms. The molecule has 1 heterocycles. The first-order valence-corrected chi connectivity index (χ1v) is 11.5. The van der Waals surface area contributed by atoms with Crippen LogP contribution in [0.3, 0.4) is 0 Å². The molecule has 1 aliphatic rings. The van der Waals surface area contributed by atoms with Crippen LogP contribution in [0.1, 0.15) is 43.0 Å². The summed E-state index contributed by atoms with van der Waals surface area (Å²) in [4.78, 5) is 2.56. The molecule has 3 aromatic rings. The lowest BCUT2D eigenvalue weighted by Gasteiger charge is -2.48. The summed E-state index contributed by atoms with van der Waals surface area (Å²) >= 11 is 3.60. The van der Waals surface area contributed by atoms with Gasteiger partial charge in [0.05, 0.1) is 12.6 Å². The van der Waals surface area contributed by atoms with Gasteiger partial charge in [-0.3, -0.25) is 0 Å². The molecule has 0 amide bonds. The largest absolute Gasteiger partial charge is 0.497 e. The number of benzene rings is 3. The average molecular weight is 464 g/mol. The molecule has 0 saturated heterocycles. The molecule has 0 spiro atoms. The lowest BCUT2D eigenvalue weighted by atomic mass is 9.76. The van der Waals surface area contributed by atoms with Crippen molar-refractivity contribution >= 4 is 21.6 Å². The molecular formula is C27H30BrNO. The Morgan fingerprint density at radius 3 is 2.33 bits per heavy atom. The van der Waals surface area contributed by atoms with Crippen molar-refractivity contribution in [2.45, 2.75) is 39.2 Å². The molecule has 156 valence electrons. The Bertz CT molecular complexity index is 1010. The number of rotatable bonds is 5. The van der Waals surface area contributed by atoms with E-state index in [1.165, 1.54) is 27.9 Å². The number of methoxy groups -OCH3 is 1. The fourth-order valence-electron chi connectivity index (χ4n) is 4.74. The van der Waals surface area contributed by atoms with E-state index < -0.39 is 0 Å². The van der Waals surface area contributed by atoms with Crippen molar-refractivity contribution in [3.63, 3.8) is 0 Å². The third kappa shape index (κ3) is 3.88. The maximum atomic E-state index is 5.51. The molecule has 0 radical (unpaired) electrons. The van der Waals surface area contributed by atoms with Gasteiger partial charge in [0.25, 0.3) is 0 Å². The Labute approximate surface area is 189 Å². The molecule has 1 atom stereocenters. The van der Waals surface area contributed by atoms with E-state index in [1.54, 1.807) is 7.11 Å². The van der Waals surface area contributed by atoms with E-state index >= 15 is 0 Å². The van der Waals surface area contributed by atoms with Gasteiger partial charge in [-0.2, -0.15) is 0 Å². The minimum absolute atomic E-state index is 0.250. The zero-order valence-corrected chi connectivity index (χ0v) is 19.9. The maximum absolute atomic E-state index is 5.51. The Morgan fingerprint density at radius 2 is 1.70 bits per heavy atom. The second-order valence-corrected chi connectivity index (χ2v) is 9.68. The second-order valence-electron chi connectivity index (χ2n) is 8.77. The highest BCUT2D eigenvalue weighted by Gasteiger charge is 2.40. The highest BCUT2D eigenvalue weighted by molar-refractivity contribution is 9.10. The number of hydrogen-bond donors (Lipinski definition) is 0. The van der Waals surface area contributed by atoms with Crippen LogP contribution in [-0.2, 0) is 18.4 Å². The first-order valence-electron chi connectivity index (χ1n) is 10.7. The van der Waals surface area contributed by atoms with Gasteiger partial charge in [0.1, 0.15) is 5.75 Å². The predicted molar refractivity (Wildman–Crippen MR) is 130 cm³/mol. The van der Waals surface area contributed by atoms with Crippen molar-refractivity contribution in [2.24, 2.45) is 5.92 Å². The second kappa shape index (κ2) is 8.47. The van der Waals surface area contributed by atoms with Crippen LogP contribution < -0.4 is 9.64 Å². The minimum Gasteiger partial charge on any atom is -0.497 e. The smallest absolute Gasteiger partial charge is 0.119 e. The van der Waals surface area contributed by atoms with Crippen molar-refractivity contribution in [3.8, 4) is 5.75 Å². The maximum Gasteiger partial charge on any atom is 0.119 e. The van der Waals surface area contributed by atoms with E-state index in [9.17, 15) is 0 Å². The molecule has 1 aliphatic heterocycles. The molecule has 30 heavy (non-hydrogen) atoms. The monoisotopic (exact) mass is 463 g/mol. The molecule has 0 N–H and O–H groups in total. The van der Waals surface area contributed by atoms with Crippen molar-refractivity contribution in [3.05, 3.63) is 93.5 Å². The van der Waals surface area contributed by atoms with E-state index in [1.807, 2.05) is 0 Å². The molecule has 0 bridgehead atoms. The van der Waals surface area contributed by atoms with E-state index in [2.05, 4.69) is 108 Å². The standard InChI is InChI=1S/C27H30BrNO/c1-19(2)17-20-5-11-24(12-6-20)29-16-15-21-18-25(30-4)13-14-26(21)27(29,3)22-7-9-23(28)10-8-22/h5-14,18-19H,15-17H2,1-4H3. The van der Waals surface area contributed by atoms with E-state index in [-0.39, 0.29) is 5.54 Å². The zero-order chi connectivity index (χ0) is 21.3. The minimum atomic E-state index is -0.250. The lowest BCUT2D eigenvalue weighted by molar-refractivity contribution is 0.411. The number of halogens is 1. The fraction of sp³-hybridized carbons (Fsp3) is 0.333. The van der Waals surface area contributed by atoms with Crippen LogP contribution in [-0.4, -0.2) is 13.7 Å². The Hall–Kier alpha value is -2.26. The number of fused-ring (bicyclic) bond motifs is 1. The average Bonchev–Trinajstić information content (AvgIpc) is 2.74. The molecule has 0 aromatic heterocycles. The summed E-state index contributed by atoms with van der Waals surface area (Å²) in [5, 5.41) is 0. The topological polar surface area (TPSA) is 12.5 Å². The van der Waals surface area contributed by atoms with Gasteiger partial charge in [0.15, 0.2) is 0 Å². The van der Waals surface area contributed by atoms with Gasteiger partial charge in [-0.1, -0.05) is 60.1 Å². The third-order valence-corrected chi connectivity index (χ3v) is 6.81. The summed E-state index contributed by atoms with van der Waals surface area (Å²) in [7, 11) is 1.74. The predicted octanol–water partition coefficient (Wildman–Crippen LogP) is 6.98. The Kier molecular flexibility index (Phi) is 5.92. The first kappa shape index (κ1) is 21.0. The lowest BCUT2D eigenvalue weighted by Crippen LogP contribution is -2.49. The molecule has 0 saturated carbocycles. The normalized spacial score (nSPS) is 18.4. The van der Waals surface area contributed by atoms with Gasteiger partial charge in [0, 0.05) is 16.7 Å². The van der Waals surface area contributed by atoms with E-state index in [0.717, 1.165) is 29.6 Å². The van der Waals surface area contributed by atoms with Crippen molar-refractivity contribution < 1.29 is 4.74 Å². The fourth-order valence-corrected chi connectivity index (χ4v) is 5.00. The summed E-state index contributed by atoms with van der Waals surface area (Å²) in [5.41, 5.74) is 6.44. The Morgan fingerprint density at radius 1 is 1.00 bits per heavy atom. The van der Waals surface area contributed by atoms with Crippen LogP contribution in [0.15, 0.2) is 71.2 Å². The summed E-state index contributed by atoms with van der Waals surface area (Å²) < 4.78 is 6.61. The van der Waals surface area contributed by atoms with Gasteiger partial charge < -0.3 is 9.64 Å². The molecule has 0 fully saturated rings. The molecule has 3 aromatic carbocycles. The van der Waals surface area contributed by atoms with E-state index in [4.69, 9.17) is 4.74 Å². The molecule has 2 nitrogen and oxygen atoms in total. The zero-order valence-electron chi connectivity index (χ0n) is 18.3. The molecular weight excluding hydrogens is 434 g/mol. The van der Waals surface area contributed by atoms with Crippen LogP contribution in [0.4, 0.5) is 5.69 Å². The van der Waals surface area contributed by atoms with Crippen LogP contribution in [0.2, 0.25) is 0 Å². The van der Waals surface area contributed by atoms with Crippen LogP contribution in [0.25, 0.3) is 0 Å². The third-order valence-electron chi connectivity index (χ3n) is 6.28. The number of hydrogen-bond acceptors (Lipinski definition) is 2. The summed E-state index contributed by atoms with van der Waals surface area (Å²) in [5.74, 6) is 1.60. The van der Waals surface area contributed by atoms with Gasteiger partial charge >= 0.3 is 0 Å². The molecule has 1 unspecified atom stereocenters. The first-order chi connectivity index (χ1) is 14.4. The Balaban J connectivity index is 1.82. The van der Waals surface area contributed by atoms with Gasteiger partial charge in [-0.15, -0.1) is 0 Å². The highest BCUT2D eigenvalue weighted by atomic mass is 79.9. The van der Waals surface area contributed by atoms with Crippen molar-refractivity contribution in [2.75, 3.05) is 18.6 Å². The van der Waals surface area contributed by atoms with Crippen molar-refractivity contribution in [1.82, 2.24) is 0 Å². The summed E-state index contributed by atoms with van der Waals surface area (Å²) in [6.07, 6.45) is 2.12. The van der Waals surface area contributed by atoms with E-state index in [0.29, 0.717) is 5.92 Å². The molecule has 4 rings (SSSR count). The van der Waals surface area contributed by atoms with Gasteiger partial charge in [-0.25, -0.2) is 0 Å². The summed E-state index contributed by atoms with van der Waals surface area (Å²) in [6, 6.07) is 24.5. The van der Waals surface area contributed by atoms with Crippen LogP contribution >= 0.6 is 15.9 Å². The van der Waals surface area contributed by atoms with Crippen LogP contribution in [0, 0.1) is 5.92 Å². The van der Waals surface area contributed by atoms with Gasteiger partial charge in [-0.05, 0) is 84.3 Å². The number of ether oxygens (including phenoxy) is 1. The highest BCUT2D eigenvalue weighted by Crippen LogP contribution is 2.44. The quantitative estimate of drug-likeness (QED) is 0.404. The van der Waals surface area contributed by atoms with Gasteiger partial charge in [0.2, 0.25) is 0 Å².